The zero-order valence-corrected chi connectivity index (χ0v) is 11.9. The number of rotatable bonds is 4. The molecule has 2 unspecified atom stereocenters. The van der Waals surface area contributed by atoms with Crippen molar-refractivity contribution in [1.29, 1.82) is 0 Å². The summed E-state index contributed by atoms with van der Waals surface area (Å²) in [5, 5.41) is 13.4. The Bertz CT molecular complexity index is 515. The topological polar surface area (TPSA) is 53.7 Å². The van der Waals surface area contributed by atoms with Crippen LogP contribution in [0, 0.1) is 5.92 Å². The van der Waals surface area contributed by atoms with Crippen LogP contribution in [0.4, 0.5) is 0 Å². The lowest BCUT2D eigenvalue weighted by atomic mass is 9.95. The van der Waals surface area contributed by atoms with Crippen molar-refractivity contribution >= 4 is 17.3 Å². The summed E-state index contributed by atoms with van der Waals surface area (Å²) < 4.78 is 5.58. The van der Waals surface area contributed by atoms with Crippen LogP contribution in [0.25, 0.3) is 0 Å². The number of aliphatic carboxylic acids is 1. The molecule has 0 bridgehead atoms. The number of hydrogen-bond acceptors (Lipinski definition) is 4. The number of carboxylic acids is 1. The van der Waals surface area contributed by atoms with E-state index in [-0.39, 0.29) is 12.0 Å². The highest BCUT2D eigenvalue weighted by Crippen LogP contribution is 2.33. The second-order valence-corrected chi connectivity index (χ2v) is 5.93. The highest BCUT2D eigenvalue weighted by molar-refractivity contribution is 7.08. The number of hydrogen-bond donors (Lipinski definition) is 1. The van der Waals surface area contributed by atoms with Gasteiger partial charge in [-0.05, 0) is 53.9 Å². The maximum atomic E-state index is 11.2. The lowest BCUT2D eigenvalue weighted by Gasteiger charge is -2.35. The largest absolute Gasteiger partial charge is 0.481 e. The number of thiophene rings is 1. The van der Waals surface area contributed by atoms with Crippen LogP contribution in [0.5, 0.6) is 0 Å². The zero-order valence-electron chi connectivity index (χ0n) is 11.1. The molecule has 1 aliphatic heterocycles. The number of carbonyl (C=O) groups is 1. The van der Waals surface area contributed by atoms with E-state index in [1.54, 1.807) is 17.6 Å². The molecule has 1 fully saturated rings. The number of furan rings is 1. The van der Waals surface area contributed by atoms with Gasteiger partial charge in [-0.2, -0.15) is 11.3 Å². The monoisotopic (exact) mass is 291 g/mol. The predicted octanol–water partition coefficient (Wildman–Crippen LogP) is 3.23. The first kappa shape index (κ1) is 13.4. The molecule has 0 amide bonds. The Labute approximate surface area is 121 Å². The molecule has 4 nitrogen and oxygen atoms in total. The molecule has 0 aromatic carbocycles. The van der Waals surface area contributed by atoms with Gasteiger partial charge >= 0.3 is 5.97 Å². The summed E-state index contributed by atoms with van der Waals surface area (Å²) in [6.45, 7) is 1.49. The van der Waals surface area contributed by atoms with Gasteiger partial charge in [-0.25, -0.2) is 0 Å². The Hall–Kier alpha value is -1.59. The van der Waals surface area contributed by atoms with E-state index in [2.05, 4.69) is 16.3 Å². The number of nitrogens with zero attached hydrogens (tertiary/aromatic N) is 1. The van der Waals surface area contributed by atoms with E-state index < -0.39 is 5.97 Å². The highest BCUT2D eigenvalue weighted by atomic mass is 32.1. The third kappa shape index (κ3) is 2.64. The number of carboxylic acid groups (broad SMARTS) is 1. The molecule has 106 valence electrons. The van der Waals surface area contributed by atoms with Crippen molar-refractivity contribution in [2.24, 2.45) is 5.92 Å². The standard InChI is InChI=1S/C15H17NO3S/c17-15(18)11-3-1-6-16(9-11)14(12-5-8-20-10-12)13-4-2-7-19-13/h2,4-5,7-8,10-11,14H,1,3,6,9H2,(H,17,18). The van der Waals surface area contributed by atoms with E-state index >= 15 is 0 Å². The van der Waals surface area contributed by atoms with Gasteiger partial charge in [-0.1, -0.05) is 0 Å². The van der Waals surface area contributed by atoms with Crippen LogP contribution >= 0.6 is 11.3 Å². The Balaban J connectivity index is 1.88. The van der Waals surface area contributed by atoms with Crippen LogP contribution in [0.15, 0.2) is 39.6 Å². The van der Waals surface area contributed by atoms with Crippen LogP contribution in [0.3, 0.4) is 0 Å². The molecule has 20 heavy (non-hydrogen) atoms. The molecule has 0 aliphatic carbocycles. The molecule has 1 aliphatic rings. The average Bonchev–Trinajstić information content (AvgIpc) is 3.13. The maximum Gasteiger partial charge on any atom is 0.307 e. The van der Waals surface area contributed by atoms with Gasteiger partial charge < -0.3 is 9.52 Å². The van der Waals surface area contributed by atoms with Gasteiger partial charge in [-0.3, -0.25) is 9.69 Å². The second-order valence-electron chi connectivity index (χ2n) is 5.15. The minimum atomic E-state index is -0.696. The summed E-state index contributed by atoms with van der Waals surface area (Å²) in [7, 11) is 0. The van der Waals surface area contributed by atoms with Crippen LogP contribution in [-0.4, -0.2) is 29.1 Å². The number of likely N-dealkylation sites (tertiary alicyclic amines) is 1. The van der Waals surface area contributed by atoms with Crippen molar-refractivity contribution in [3.8, 4) is 0 Å². The van der Waals surface area contributed by atoms with Crippen molar-refractivity contribution in [1.82, 2.24) is 4.90 Å². The summed E-state index contributed by atoms with van der Waals surface area (Å²) in [6, 6.07) is 5.96. The third-order valence-corrected chi connectivity index (χ3v) is 4.54. The first-order valence-electron chi connectivity index (χ1n) is 6.78. The Morgan fingerprint density at radius 2 is 2.40 bits per heavy atom. The van der Waals surface area contributed by atoms with Gasteiger partial charge in [0.15, 0.2) is 0 Å². The van der Waals surface area contributed by atoms with E-state index in [9.17, 15) is 9.90 Å². The van der Waals surface area contributed by atoms with Gasteiger partial charge in [0.2, 0.25) is 0 Å². The summed E-state index contributed by atoms with van der Waals surface area (Å²) in [6.07, 6.45) is 3.35. The van der Waals surface area contributed by atoms with Crippen LogP contribution in [-0.2, 0) is 4.79 Å². The molecule has 2 atom stereocenters. The average molecular weight is 291 g/mol. The normalized spacial score (nSPS) is 21.7. The van der Waals surface area contributed by atoms with Crippen LogP contribution in [0.2, 0.25) is 0 Å². The molecule has 2 aromatic rings. The molecular weight excluding hydrogens is 274 g/mol. The highest BCUT2D eigenvalue weighted by Gasteiger charge is 2.32. The predicted molar refractivity (Wildman–Crippen MR) is 76.8 cm³/mol. The molecule has 0 radical (unpaired) electrons. The number of piperidine rings is 1. The molecule has 0 spiro atoms. The fourth-order valence-corrected chi connectivity index (χ4v) is 3.55. The molecular formula is C15H17NO3S. The maximum absolute atomic E-state index is 11.2. The van der Waals surface area contributed by atoms with Crippen LogP contribution < -0.4 is 0 Å². The minimum Gasteiger partial charge on any atom is -0.481 e. The van der Waals surface area contributed by atoms with E-state index in [0.29, 0.717) is 6.54 Å². The molecule has 1 N–H and O–H groups in total. The SMILES string of the molecule is O=C(O)C1CCCN(C(c2ccsc2)c2ccco2)C1. The Kier molecular flexibility index (Phi) is 3.89. The second kappa shape index (κ2) is 5.81. The van der Waals surface area contributed by atoms with Gasteiger partial charge in [0.25, 0.3) is 0 Å². The fourth-order valence-electron chi connectivity index (χ4n) is 2.87. The van der Waals surface area contributed by atoms with E-state index in [4.69, 9.17) is 4.42 Å². The quantitative estimate of drug-likeness (QED) is 0.939. The van der Waals surface area contributed by atoms with Crippen molar-refractivity contribution < 1.29 is 14.3 Å². The lowest BCUT2D eigenvalue weighted by molar-refractivity contribution is -0.143. The molecule has 3 heterocycles. The fraction of sp³-hybridized carbons (Fsp3) is 0.400. The van der Waals surface area contributed by atoms with Crippen LogP contribution in [0.1, 0.15) is 30.2 Å². The third-order valence-electron chi connectivity index (χ3n) is 3.84. The van der Waals surface area contributed by atoms with Crippen molar-refractivity contribution in [3.63, 3.8) is 0 Å². The summed E-state index contributed by atoms with van der Waals surface area (Å²) >= 11 is 1.65. The smallest absolute Gasteiger partial charge is 0.307 e. The molecule has 0 saturated carbocycles. The summed E-state index contributed by atoms with van der Waals surface area (Å²) in [4.78, 5) is 13.5. The summed E-state index contributed by atoms with van der Waals surface area (Å²) in [5.41, 5.74) is 1.18. The Morgan fingerprint density at radius 1 is 1.50 bits per heavy atom. The molecule has 3 rings (SSSR count). The van der Waals surface area contributed by atoms with Crippen molar-refractivity contribution in [2.45, 2.75) is 18.9 Å². The van der Waals surface area contributed by atoms with E-state index in [1.807, 2.05) is 17.5 Å². The van der Waals surface area contributed by atoms with Gasteiger partial charge in [-0.15, -0.1) is 0 Å². The van der Waals surface area contributed by atoms with E-state index in [0.717, 1.165) is 25.1 Å². The first-order valence-corrected chi connectivity index (χ1v) is 7.72. The summed E-state index contributed by atoms with van der Waals surface area (Å²) in [5.74, 6) is -0.0903. The van der Waals surface area contributed by atoms with E-state index in [1.165, 1.54) is 5.56 Å². The van der Waals surface area contributed by atoms with Gasteiger partial charge in [0, 0.05) is 6.54 Å². The molecule has 1 saturated heterocycles. The zero-order chi connectivity index (χ0) is 13.9. The minimum absolute atomic E-state index is 0.0263. The van der Waals surface area contributed by atoms with Crippen molar-refractivity contribution in [3.05, 3.63) is 46.5 Å². The molecule has 2 aromatic heterocycles. The first-order chi connectivity index (χ1) is 9.75. The van der Waals surface area contributed by atoms with Crippen molar-refractivity contribution in [2.75, 3.05) is 13.1 Å². The van der Waals surface area contributed by atoms with Gasteiger partial charge in [0.05, 0.1) is 18.2 Å². The Morgan fingerprint density at radius 3 is 3.05 bits per heavy atom. The lowest BCUT2D eigenvalue weighted by Crippen LogP contribution is -2.41. The molecule has 5 heteroatoms. The van der Waals surface area contributed by atoms with Gasteiger partial charge in [0.1, 0.15) is 5.76 Å².